The average Bonchev–Trinajstić information content (AvgIpc) is 2.45. The molecule has 2 rings (SSSR count). The van der Waals surface area contributed by atoms with Crippen molar-refractivity contribution in [2.75, 3.05) is 5.32 Å². The number of nitrogens with one attached hydrogen (secondary N) is 1. The zero-order valence-electron chi connectivity index (χ0n) is 10.9. The van der Waals surface area contributed by atoms with Crippen LogP contribution in [0.3, 0.4) is 0 Å². The highest BCUT2D eigenvalue weighted by molar-refractivity contribution is 7.89. The van der Waals surface area contributed by atoms with Gasteiger partial charge in [-0.05, 0) is 18.2 Å². The quantitative estimate of drug-likeness (QED) is 0.646. The minimum Gasteiger partial charge on any atom is -0.381 e. The third kappa shape index (κ3) is 3.77. The lowest BCUT2D eigenvalue weighted by Gasteiger charge is -2.08. The summed E-state index contributed by atoms with van der Waals surface area (Å²) in [4.78, 5) is 10.4. The minimum absolute atomic E-state index is 0.00704. The van der Waals surface area contributed by atoms with Crippen molar-refractivity contribution in [2.45, 2.75) is 11.4 Å². The fourth-order valence-corrected chi connectivity index (χ4v) is 2.38. The Morgan fingerprint density at radius 1 is 1.14 bits per heavy atom. The van der Waals surface area contributed by atoms with Gasteiger partial charge in [0.05, 0.1) is 9.82 Å². The maximum absolute atomic E-state index is 11.3. The summed E-state index contributed by atoms with van der Waals surface area (Å²) in [6.07, 6.45) is 0. The lowest BCUT2D eigenvalue weighted by atomic mass is 10.2. The van der Waals surface area contributed by atoms with Gasteiger partial charge in [-0.3, -0.25) is 10.1 Å². The largest absolute Gasteiger partial charge is 0.381 e. The standard InChI is InChI=1S/C13H13N3O4S/c14-21(19,20)12-6-3-5-11(8-12)15-9-10-4-1-2-7-13(10)16(17)18/h1-8,15H,9H2,(H2,14,19,20). The molecule has 0 fully saturated rings. The molecule has 0 saturated carbocycles. The second-order valence-corrected chi connectivity index (χ2v) is 5.87. The summed E-state index contributed by atoms with van der Waals surface area (Å²) in [5.74, 6) is 0. The van der Waals surface area contributed by atoms with Crippen LogP contribution < -0.4 is 10.5 Å². The topological polar surface area (TPSA) is 115 Å². The van der Waals surface area contributed by atoms with E-state index >= 15 is 0 Å². The first kappa shape index (κ1) is 14.9. The average molecular weight is 307 g/mol. The van der Waals surface area contributed by atoms with Crippen LogP contribution in [0.15, 0.2) is 53.4 Å². The molecule has 0 unspecified atom stereocenters. The molecule has 0 amide bonds. The summed E-state index contributed by atoms with van der Waals surface area (Å²) in [6.45, 7) is 0.200. The number of rotatable bonds is 5. The van der Waals surface area contributed by atoms with E-state index in [1.54, 1.807) is 30.3 Å². The highest BCUT2D eigenvalue weighted by Gasteiger charge is 2.12. The van der Waals surface area contributed by atoms with Gasteiger partial charge >= 0.3 is 0 Å². The van der Waals surface area contributed by atoms with E-state index in [9.17, 15) is 18.5 Å². The van der Waals surface area contributed by atoms with Gasteiger partial charge in [0, 0.05) is 23.9 Å². The molecule has 0 bridgehead atoms. The molecule has 0 saturated heterocycles. The molecule has 0 aromatic heterocycles. The number of nitrogens with zero attached hydrogens (tertiary/aromatic N) is 1. The molecular formula is C13H13N3O4S. The van der Waals surface area contributed by atoms with Crippen molar-refractivity contribution in [3.05, 3.63) is 64.2 Å². The Bertz CT molecular complexity index is 774. The van der Waals surface area contributed by atoms with Crippen LogP contribution in [-0.4, -0.2) is 13.3 Å². The van der Waals surface area contributed by atoms with Crippen molar-refractivity contribution >= 4 is 21.4 Å². The third-order valence-electron chi connectivity index (χ3n) is 2.83. The van der Waals surface area contributed by atoms with Gasteiger partial charge in [-0.25, -0.2) is 13.6 Å². The van der Waals surface area contributed by atoms with Crippen molar-refractivity contribution in [3.63, 3.8) is 0 Å². The molecule has 3 N–H and O–H groups in total. The highest BCUT2D eigenvalue weighted by Crippen LogP contribution is 2.20. The summed E-state index contributed by atoms with van der Waals surface area (Å²) in [5, 5.41) is 18.9. The fraction of sp³-hybridized carbons (Fsp3) is 0.0769. The monoisotopic (exact) mass is 307 g/mol. The van der Waals surface area contributed by atoms with Crippen molar-refractivity contribution in [1.82, 2.24) is 0 Å². The van der Waals surface area contributed by atoms with Gasteiger partial charge in [0.1, 0.15) is 0 Å². The number of anilines is 1. The Morgan fingerprint density at radius 3 is 2.52 bits per heavy atom. The second-order valence-electron chi connectivity index (χ2n) is 4.31. The van der Waals surface area contributed by atoms with E-state index in [-0.39, 0.29) is 17.1 Å². The molecule has 8 heteroatoms. The molecule has 2 aromatic carbocycles. The number of hydrogen-bond donors (Lipinski definition) is 2. The molecule has 0 aliphatic carbocycles. The van der Waals surface area contributed by atoms with Gasteiger partial charge in [-0.2, -0.15) is 0 Å². The van der Waals surface area contributed by atoms with Gasteiger partial charge in [0.15, 0.2) is 0 Å². The van der Waals surface area contributed by atoms with Crippen molar-refractivity contribution < 1.29 is 13.3 Å². The number of sulfonamides is 1. The Balaban J connectivity index is 2.20. The van der Waals surface area contributed by atoms with Crippen LogP contribution in [0.1, 0.15) is 5.56 Å². The molecule has 0 aliphatic heterocycles. The van der Waals surface area contributed by atoms with Gasteiger partial charge < -0.3 is 5.32 Å². The number of nitrogens with two attached hydrogens (primary N) is 1. The predicted molar refractivity (Wildman–Crippen MR) is 78.2 cm³/mol. The zero-order chi connectivity index (χ0) is 15.5. The van der Waals surface area contributed by atoms with Crippen molar-refractivity contribution in [1.29, 1.82) is 0 Å². The number of nitro benzene ring substituents is 1. The third-order valence-corrected chi connectivity index (χ3v) is 3.74. The van der Waals surface area contributed by atoms with Crippen LogP contribution >= 0.6 is 0 Å². The van der Waals surface area contributed by atoms with Gasteiger partial charge in [-0.1, -0.05) is 24.3 Å². The van der Waals surface area contributed by atoms with Gasteiger partial charge in [-0.15, -0.1) is 0 Å². The lowest BCUT2D eigenvalue weighted by Crippen LogP contribution is -2.12. The maximum Gasteiger partial charge on any atom is 0.274 e. The van der Waals surface area contributed by atoms with Crippen LogP contribution in [0.2, 0.25) is 0 Å². The highest BCUT2D eigenvalue weighted by atomic mass is 32.2. The smallest absolute Gasteiger partial charge is 0.274 e. The van der Waals surface area contributed by atoms with Gasteiger partial charge in [0.25, 0.3) is 5.69 Å². The lowest BCUT2D eigenvalue weighted by molar-refractivity contribution is -0.385. The predicted octanol–water partition coefficient (Wildman–Crippen LogP) is 1.85. The van der Waals surface area contributed by atoms with Crippen LogP contribution in [0.25, 0.3) is 0 Å². The summed E-state index contributed by atoms with van der Waals surface area (Å²) >= 11 is 0. The van der Waals surface area contributed by atoms with E-state index in [0.717, 1.165) is 0 Å². The number of hydrogen-bond acceptors (Lipinski definition) is 5. The summed E-state index contributed by atoms with van der Waals surface area (Å²) in [5.41, 5.74) is 1.02. The van der Waals surface area contributed by atoms with E-state index in [1.807, 2.05) is 0 Å². The Hall–Kier alpha value is -2.45. The van der Waals surface area contributed by atoms with E-state index in [2.05, 4.69) is 5.32 Å². The normalized spacial score (nSPS) is 11.1. The van der Waals surface area contributed by atoms with Crippen LogP contribution in [0, 0.1) is 10.1 Å². The molecule has 21 heavy (non-hydrogen) atoms. The van der Waals surface area contributed by atoms with E-state index in [1.165, 1.54) is 18.2 Å². The number of para-hydroxylation sites is 1. The summed E-state index contributed by atoms with van der Waals surface area (Å²) in [6, 6.07) is 12.3. The number of nitro groups is 1. The van der Waals surface area contributed by atoms with E-state index < -0.39 is 14.9 Å². The van der Waals surface area contributed by atoms with Gasteiger partial charge in [0.2, 0.25) is 10.0 Å². The first-order valence-corrected chi connectivity index (χ1v) is 7.51. The van der Waals surface area contributed by atoms with Crippen molar-refractivity contribution in [3.8, 4) is 0 Å². The van der Waals surface area contributed by atoms with Crippen molar-refractivity contribution in [2.24, 2.45) is 5.14 Å². The Kier molecular flexibility index (Phi) is 4.20. The molecule has 0 atom stereocenters. The maximum atomic E-state index is 11.3. The number of benzene rings is 2. The first-order chi connectivity index (χ1) is 9.88. The molecule has 110 valence electrons. The number of primary sulfonamides is 1. The molecule has 0 aliphatic rings. The van der Waals surface area contributed by atoms with E-state index in [0.29, 0.717) is 11.3 Å². The van der Waals surface area contributed by atoms with Crippen LogP contribution in [0.4, 0.5) is 11.4 Å². The molecule has 0 radical (unpaired) electrons. The summed E-state index contributed by atoms with van der Waals surface area (Å²) in [7, 11) is -3.78. The Morgan fingerprint density at radius 2 is 1.86 bits per heavy atom. The molecular weight excluding hydrogens is 294 g/mol. The molecule has 0 heterocycles. The zero-order valence-corrected chi connectivity index (χ0v) is 11.7. The van der Waals surface area contributed by atoms with Crippen LogP contribution in [0.5, 0.6) is 0 Å². The van der Waals surface area contributed by atoms with Crippen LogP contribution in [-0.2, 0) is 16.6 Å². The summed E-state index contributed by atoms with van der Waals surface area (Å²) < 4.78 is 22.5. The first-order valence-electron chi connectivity index (χ1n) is 5.97. The molecule has 7 nitrogen and oxygen atoms in total. The molecule has 0 spiro atoms. The fourth-order valence-electron chi connectivity index (χ4n) is 1.82. The van der Waals surface area contributed by atoms with E-state index in [4.69, 9.17) is 5.14 Å². The minimum atomic E-state index is -3.78. The second kappa shape index (κ2) is 5.90. The molecule has 2 aromatic rings. The Labute approximate surface area is 121 Å². The SMILES string of the molecule is NS(=O)(=O)c1cccc(NCc2ccccc2[N+](=O)[O-])c1.